The lowest BCUT2D eigenvalue weighted by Gasteiger charge is -2.33. The number of likely N-dealkylation sites (tertiary alicyclic amines) is 1. The molecule has 3 rings (SSSR count). The maximum absolute atomic E-state index is 12.5. The normalized spacial score (nSPS) is 16.8. The summed E-state index contributed by atoms with van der Waals surface area (Å²) >= 11 is 9.52. The van der Waals surface area contributed by atoms with E-state index in [1.165, 1.54) is 19.3 Å². The Morgan fingerprint density at radius 3 is 2.79 bits per heavy atom. The zero-order valence-electron chi connectivity index (χ0n) is 13.3. The molecule has 1 fully saturated rings. The van der Waals surface area contributed by atoms with Gasteiger partial charge in [0.2, 0.25) is 0 Å². The smallest absolute Gasteiger partial charge is 0.252 e. The first kappa shape index (κ1) is 17.5. The predicted octanol–water partition coefficient (Wildman–Crippen LogP) is 4.65. The topological polar surface area (TPSA) is 45.5 Å². The third-order valence-electron chi connectivity index (χ3n) is 4.33. The van der Waals surface area contributed by atoms with Gasteiger partial charge in [0.25, 0.3) is 5.91 Å². The van der Waals surface area contributed by atoms with Crippen LogP contribution in [0.2, 0.25) is 5.02 Å². The molecular formula is C18H20BrClN2O2. The minimum atomic E-state index is -0.171. The molecule has 2 heterocycles. The number of carbonyl (C=O) groups is 1. The maximum atomic E-state index is 12.5. The number of benzene rings is 1. The molecule has 1 aliphatic heterocycles. The van der Waals surface area contributed by atoms with Crippen LogP contribution in [0.5, 0.6) is 0 Å². The average Bonchev–Trinajstić information content (AvgIpc) is 3.12. The van der Waals surface area contributed by atoms with Crippen LogP contribution in [0.15, 0.2) is 45.5 Å². The van der Waals surface area contributed by atoms with Crippen molar-refractivity contribution < 1.29 is 9.21 Å². The van der Waals surface area contributed by atoms with Crippen LogP contribution in [-0.4, -0.2) is 30.4 Å². The van der Waals surface area contributed by atoms with Gasteiger partial charge in [-0.05, 0) is 56.3 Å². The predicted molar refractivity (Wildman–Crippen MR) is 98.4 cm³/mol. The number of hydrogen-bond donors (Lipinski definition) is 1. The van der Waals surface area contributed by atoms with E-state index in [-0.39, 0.29) is 11.9 Å². The molecule has 1 aliphatic rings. The van der Waals surface area contributed by atoms with Gasteiger partial charge in [-0.3, -0.25) is 9.69 Å². The molecule has 2 aromatic rings. The number of hydrogen-bond acceptors (Lipinski definition) is 3. The number of piperidine rings is 1. The van der Waals surface area contributed by atoms with E-state index in [9.17, 15) is 4.79 Å². The van der Waals surface area contributed by atoms with Crippen molar-refractivity contribution in [2.45, 2.75) is 25.3 Å². The van der Waals surface area contributed by atoms with Crippen LogP contribution in [-0.2, 0) is 0 Å². The third-order valence-corrected chi connectivity index (χ3v) is 5.15. The van der Waals surface area contributed by atoms with Crippen molar-refractivity contribution in [1.82, 2.24) is 10.2 Å². The summed E-state index contributed by atoms with van der Waals surface area (Å²) < 4.78 is 6.43. The summed E-state index contributed by atoms with van der Waals surface area (Å²) in [6, 6.07) is 9.18. The van der Waals surface area contributed by atoms with E-state index in [1.54, 1.807) is 18.4 Å². The molecule has 1 N–H and O–H groups in total. The second-order valence-electron chi connectivity index (χ2n) is 5.96. The van der Waals surface area contributed by atoms with Gasteiger partial charge in [0.15, 0.2) is 0 Å². The molecule has 1 aromatic carbocycles. The van der Waals surface area contributed by atoms with Crippen molar-refractivity contribution in [2.24, 2.45) is 0 Å². The highest BCUT2D eigenvalue weighted by atomic mass is 79.9. The van der Waals surface area contributed by atoms with Gasteiger partial charge in [-0.2, -0.15) is 0 Å². The number of furan rings is 1. The van der Waals surface area contributed by atoms with Gasteiger partial charge in [0.05, 0.1) is 22.9 Å². The molecule has 24 heavy (non-hydrogen) atoms. The number of carbonyl (C=O) groups excluding carboxylic acids is 1. The fourth-order valence-electron chi connectivity index (χ4n) is 3.08. The maximum Gasteiger partial charge on any atom is 0.252 e. The van der Waals surface area contributed by atoms with Crippen molar-refractivity contribution in [3.8, 4) is 0 Å². The minimum Gasteiger partial charge on any atom is -0.468 e. The van der Waals surface area contributed by atoms with Crippen molar-refractivity contribution >= 4 is 33.4 Å². The Morgan fingerprint density at radius 1 is 1.29 bits per heavy atom. The van der Waals surface area contributed by atoms with Crippen LogP contribution in [0.25, 0.3) is 0 Å². The summed E-state index contributed by atoms with van der Waals surface area (Å²) in [6.07, 6.45) is 5.31. The molecule has 0 aliphatic carbocycles. The Bertz CT molecular complexity index is 684. The average molecular weight is 412 g/mol. The molecule has 1 atom stereocenters. The van der Waals surface area contributed by atoms with E-state index in [4.69, 9.17) is 16.0 Å². The summed E-state index contributed by atoms with van der Waals surface area (Å²) in [5.74, 6) is 0.715. The van der Waals surface area contributed by atoms with Crippen LogP contribution >= 0.6 is 27.5 Å². The second-order valence-corrected chi connectivity index (χ2v) is 7.28. The molecule has 0 spiro atoms. The van der Waals surface area contributed by atoms with E-state index in [0.29, 0.717) is 17.1 Å². The van der Waals surface area contributed by atoms with Gasteiger partial charge in [-0.25, -0.2) is 0 Å². The summed E-state index contributed by atoms with van der Waals surface area (Å²) in [4.78, 5) is 14.9. The van der Waals surface area contributed by atoms with Gasteiger partial charge >= 0.3 is 0 Å². The first-order chi connectivity index (χ1) is 11.6. The molecule has 6 heteroatoms. The van der Waals surface area contributed by atoms with Gasteiger partial charge in [0, 0.05) is 11.0 Å². The molecule has 0 bridgehead atoms. The zero-order chi connectivity index (χ0) is 16.9. The van der Waals surface area contributed by atoms with E-state index >= 15 is 0 Å². The third kappa shape index (κ3) is 4.21. The Morgan fingerprint density at radius 2 is 2.08 bits per heavy atom. The summed E-state index contributed by atoms with van der Waals surface area (Å²) in [5, 5.41) is 3.45. The quantitative estimate of drug-likeness (QED) is 0.779. The van der Waals surface area contributed by atoms with Crippen LogP contribution in [0.1, 0.15) is 41.4 Å². The summed E-state index contributed by atoms with van der Waals surface area (Å²) in [6.45, 7) is 2.55. The summed E-state index contributed by atoms with van der Waals surface area (Å²) in [5.41, 5.74) is 0.475. The molecule has 1 amide bonds. The lowest BCUT2D eigenvalue weighted by molar-refractivity contribution is 0.0914. The van der Waals surface area contributed by atoms with Crippen molar-refractivity contribution in [3.63, 3.8) is 0 Å². The highest BCUT2D eigenvalue weighted by Crippen LogP contribution is 2.25. The fraction of sp³-hybridized carbons (Fsp3) is 0.389. The van der Waals surface area contributed by atoms with Gasteiger partial charge in [0.1, 0.15) is 5.76 Å². The van der Waals surface area contributed by atoms with E-state index in [2.05, 4.69) is 26.1 Å². The number of nitrogens with zero attached hydrogens (tertiary/aromatic N) is 1. The molecule has 0 saturated carbocycles. The largest absolute Gasteiger partial charge is 0.468 e. The Labute approximate surface area is 155 Å². The van der Waals surface area contributed by atoms with Crippen LogP contribution in [0.3, 0.4) is 0 Å². The number of rotatable bonds is 5. The molecule has 0 radical (unpaired) electrons. The molecule has 0 unspecified atom stereocenters. The van der Waals surface area contributed by atoms with E-state index in [1.807, 2.05) is 18.2 Å². The number of amides is 1. The highest BCUT2D eigenvalue weighted by molar-refractivity contribution is 9.10. The van der Waals surface area contributed by atoms with Crippen molar-refractivity contribution in [1.29, 1.82) is 0 Å². The molecule has 128 valence electrons. The zero-order valence-corrected chi connectivity index (χ0v) is 15.6. The lowest BCUT2D eigenvalue weighted by atomic mass is 10.1. The van der Waals surface area contributed by atoms with E-state index in [0.717, 1.165) is 23.3 Å². The van der Waals surface area contributed by atoms with Crippen LogP contribution in [0.4, 0.5) is 0 Å². The van der Waals surface area contributed by atoms with Crippen molar-refractivity contribution in [3.05, 3.63) is 57.4 Å². The standard InChI is InChI=1S/C18H20BrClN2O2/c19-13-6-7-15(20)14(11-13)18(23)21-12-16(17-5-4-10-24-17)22-8-2-1-3-9-22/h4-7,10-11,16H,1-3,8-9,12H2,(H,21,23)/t16-/m1/s1. The minimum absolute atomic E-state index is 0.0511. The highest BCUT2D eigenvalue weighted by Gasteiger charge is 2.25. The number of nitrogens with one attached hydrogen (secondary N) is 1. The van der Waals surface area contributed by atoms with Gasteiger partial charge in [-0.15, -0.1) is 0 Å². The SMILES string of the molecule is O=C(NC[C@H](c1ccco1)N1CCCCC1)c1cc(Br)ccc1Cl. The van der Waals surface area contributed by atoms with Crippen LogP contribution in [0, 0.1) is 0 Å². The van der Waals surface area contributed by atoms with Gasteiger partial charge in [-0.1, -0.05) is 34.0 Å². The first-order valence-electron chi connectivity index (χ1n) is 8.16. The molecule has 1 saturated heterocycles. The Kier molecular flexibility index (Phi) is 5.98. The monoisotopic (exact) mass is 410 g/mol. The molecule has 4 nitrogen and oxygen atoms in total. The second kappa shape index (κ2) is 8.19. The lowest BCUT2D eigenvalue weighted by Crippen LogP contribution is -2.40. The van der Waals surface area contributed by atoms with Crippen LogP contribution < -0.4 is 5.32 Å². The Balaban J connectivity index is 1.71. The Hall–Kier alpha value is -1.30. The number of halogens is 2. The van der Waals surface area contributed by atoms with Gasteiger partial charge < -0.3 is 9.73 Å². The molecule has 1 aromatic heterocycles. The van der Waals surface area contributed by atoms with E-state index < -0.39 is 0 Å². The van der Waals surface area contributed by atoms with Crippen molar-refractivity contribution in [2.75, 3.05) is 19.6 Å². The first-order valence-corrected chi connectivity index (χ1v) is 9.33. The summed E-state index contributed by atoms with van der Waals surface area (Å²) in [7, 11) is 0. The fourth-order valence-corrected chi connectivity index (χ4v) is 3.64. The molecular weight excluding hydrogens is 392 g/mol.